The van der Waals surface area contributed by atoms with E-state index in [1.165, 1.54) is 0 Å². The van der Waals surface area contributed by atoms with Crippen molar-refractivity contribution in [3.05, 3.63) is 0 Å². The Labute approximate surface area is 61.5 Å². The number of nitrogens with two attached hydrogens (primary N) is 1. The monoisotopic (exact) mass is 145 g/mol. The van der Waals surface area contributed by atoms with Gasteiger partial charge in [0.15, 0.2) is 0 Å². The van der Waals surface area contributed by atoms with Crippen LogP contribution in [0.5, 0.6) is 0 Å². The second-order valence-corrected chi connectivity index (χ2v) is 2.38. The molecule has 0 aliphatic rings. The molecule has 1 amide bonds. The zero-order valence-electron chi connectivity index (χ0n) is 6.81. The molecule has 0 saturated heterocycles. The van der Waals surface area contributed by atoms with Crippen LogP contribution < -0.4 is 5.73 Å². The standard InChI is InChI=1S/C7H15NO2/c1-4-7(3,6(8)9)10-5-2/h4-5H2,1-3H3,(H2,8,9)/t7-/m1/s1. The van der Waals surface area contributed by atoms with Crippen LogP contribution in [0.15, 0.2) is 0 Å². The van der Waals surface area contributed by atoms with Crippen molar-refractivity contribution in [1.29, 1.82) is 0 Å². The normalized spacial score (nSPS) is 16.3. The molecule has 0 heterocycles. The van der Waals surface area contributed by atoms with Gasteiger partial charge in [-0.2, -0.15) is 0 Å². The molecule has 0 unspecified atom stereocenters. The van der Waals surface area contributed by atoms with Gasteiger partial charge in [0, 0.05) is 6.61 Å². The Bertz CT molecular complexity index is 125. The van der Waals surface area contributed by atoms with E-state index >= 15 is 0 Å². The highest BCUT2D eigenvalue weighted by Crippen LogP contribution is 2.13. The lowest BCUT2D eigenvalue weighted by Gasteiger charge is -2.23. The van der Waals surface area contributed by atoms with Gasteiger partial charge in [-0.1, -0.05) is 6.92 Å². The lowest BCUT2D eigenvalue weighted by atomic mass is 10.0. The van der Waals surface area contributed by atoms with Gasteiger partial charge in [0.2, 0.25) is 5.91 Å². The third kappa shape index (κ3) is 1.99. The largest absolute Gasteiger partial charge is 0.367 e. The second-order valence-electron chi connectivity index (χ2n) is 2.38. The maximum absolute atomic E-state index is 10.7. The van der Waals surface area contributed by atoms with E-state index in [2.05, 4.69) is 0 Å². The van der Waals surface area contributed by atoms with Crippen molar-refractivity contribution >= 4 is 5.91 Å². The first-order chi connectivity index (χ1) is 4.56. The molecule has 0 aromatic carbocycles. The van der Waals surface area contributed by atoms with Crippen molar-refractivity contribution in [2.45, 2.75) is 32.8 Å². The number of rotatable bonds is 4. The van der Waals surface area contributed by atoms with E-state index < -0.39 is 11.5 Å². The smallest absolute Gasteiger partial charge is 0.249 e. The summed E-state index contributed by atoms with van der Waals surface area (Å²) in [7, 11) is 0. The van der Waals surface area contributed by atoms with Crippen LogP contribution in [0.1, 0.15) is 27.2 Å². The Hall–Kier alpha value is -0.570. The van der Waals surface area contributed by atoms with Crippen molar-refractivity contribution in [2.75, 3.05) is 6.61 Å². The molecule has 0 rings (SSSR count). The molecular weight excluding hydrogens is 130 g/mol. The van der Waals surface area contributed by atoms with Crippen LogP contribution >= 0.6 is 0 Å². The zero-order valence-corrected chi connectivity index (χ0v) is 6.81. The molecule has 0 aromatic rings. The minimum Gasteiger partial charge on any atom is -0.367 e. The highest BCUT2D eigenvalue weighted by molar-refractivity contribution is 5.82. The summed E-state index contributed by atoms with van der Waals surface area (Å²) in [6, 6.07) is 0. The van der Waals surface area contributed by atoms with Crippen molar-refractivity contribution in [3.63, 3.8) is 0 Å². The first-order valence-electron chi connectivity index (χ1n) is 3.50. The van der Waals surface area contributed by atoms with E-state index in [-0.39, 0.29) is 0 Å². The average Bonchev–Trinajstić information content (AvgIpc) is 1.88. The Kier molecular flexibility index (Phi) is 3.36. The van der Waals surface area contributed by atoms with Gasteiger partial charge in [0.25, 0.3) is 0 Å². The van der Waals surface area contributed by atoms with Gasteiger partial charge in [-0.05, 0) is 20.3 Å². The topological polar surface area (TPSA) is 52.3 Å². The molecule has 0 aliphatic carbocycles. The molecule has 0 radical (unpaired) electrons. The van der Waals surface area contributed by atoms with E-state index in [1.54, 1.807) is 6.92 Å². The number of amides is 1. The number of carbonyl (C=O) groups excluding carboxylic acids is 1. The molecule has 0 fully saturated rings. The Morgan fingerprint density at radius 3 is 2.20 bits per heavy atom. The predicted molar refractivity (Wildman–Crippen MR) is 39.5 cm³/mol. The molecule has 0 aliphatic heterocycles. The summed E-state index contributed by atoms with van der Waals surface area (Å²) in [5, 5.41) is 0. The summed E-state index contributed by atoms with van der Waals surface area (Å²) in [6.45, 7) is 5.95. The maximum atomic E-state index is 10.7. The van der Waals surface area contributed by atoms with Crippen LogP contribution in [0.2, 0.25) is 0 Å². The van der Waals surface area contributed by atoms with Crippen molar-refractivity contribution in [2.24, 2.45) is 5.73 Å². The van der Waals surface area contributed by atoms with Gasteiger partial charge >= 0.3 is 0 Å². The summed E-state index contributed by atoms with van der Waals surface area (Å²) in [5.41, 5.74) is 4.33. The fourth-order valence-corrected chi connectivity index (χ4v) is 0.666. The highest BCUT2D eigenvalue weighted by Gasteiger charge is 2.28. The van der Waals surface area contributed by atoms with Gasteiger partial charge in [-0.15, -0.1) is 0 Å². The third-order valence-corrected chi connectivity index (χ3v) is 1.66. The molecule has 0 aromatic heterocycles. The summed E-state index contributed by atoms with van der Waals surface area (Å²) in [4.78, 5) is 10.7. The van der Waals surface area contributed by atoms with Gasteiger partial charge in [0.1, 0.15) is 5.60 Å². The second kappa shape index (κ2) is 3.56. The van der Waals surface area contributed by atoms with Crippen LogP contribution in [0.25, 0.3) is 0 Å². The Morgan fingerprint density at radius 2 is 2.10 bits per heavy atom. The van der Waals surface area contributed by atoms with E-state index in [0.717, 1.165) is 0 Å². The van der Waals surface area contributed by atoms with Crippen LogP contribution in [-0.2, 0) is 9.53 Å². The minimum absolute atomic E-state index is 0.392. The van der Waals surface area contributed by atoms with Crippen LogP contribution in [0, 0.1) is 0 Å². The van der Waals surface area contributed by atoms with Crippen molar-refractivity contribution in [3.8, 4) is 0 Å². The van der Waals surface area contributed by atoms with Gasteiger partial charge in [-0.3, -0.25) is 4.79 Å². The number of ether oxygens (including phenoxy) is 1. The lowest BCUT2D eigenvalue weighted by molar-refractivity contribution is -0.141. The summed E-state index contributed by atoms with van der Waals surface area (Å²) < 4.78 is 5.17. The summed E-state index contributed by atoms with van der Waals surface area (Å²) >= 11 is 0. The maximum Gasteiger partial charge on any atom is 0.249 e. The van der Waals surface area contributed by atoms with Crippen LogP contribution in [0.3, 0.4) is 0 Å². The summed E-state index contributed by atoms with van der Waals surface area (Å²) in [6.07, 6.45) is 0.621. The summed E-state index contributed by atoms with van der Waals surface area (Å²) in [5.74, 6) is -0.392. The first-order valence-corrected chi connectivity index (χ1v) is 3.50. The van der Waals surface area contributed by atoms with Crippen molar-refractivity contribution in [1.82, 2.24) is 0 Å². The van der Waals surface area contributed by atoms with Gasteiger partial charge in [-0.25, -0.2) is 0 Å². The number of hydrogen-bond acceptors (Lipinski definition) is 2. The first kappa shape index (κ1) is 9.43. The fraction of sp³-hybridized carbons (Fsp3) is 0.857. The van der Waals surface area contributed by atoms with Crippen LogP contribution in [0.4, 0.5) is 0 Å². The van der Waals surface area contributed by atoms with E-state index in [9.17, 15) is 4.79 Å². The van der Waals surface area contributed by atoms with Crippen molar-refractivity contribution < 1.29 is 9.53 Å². The molecule has 60 valence electrons. The Balaban J connectivity index is 4.08. The molecular formula is C7H15NO2. The highest BCUT2D eigenvalue weighted by atomic mass is 16.5. The zero-order chi connectivity index (χ0) is 8.20. The minimum atomic E-state index is -0.769. The van der Waals surface area contributed by atoms with Crippen LogP contribution in [-0.4, -0.2) is 18.1 Å². The average molecular weight is 145 g/mol. The molecule has 2 N–H and O–H groups in total. The SMILES string of the molecule is CCO[C@](C)(CC)C(N)=O. The molecule has 3 nitrogen and oxygen atoms in total. The molecule has 1 atom stereocenters. The Morgan fingerprint density at radius 1 is 1.60 bits per heavy atom. The lowest BCUT2D eigenvalue weighted by Crippen LogP contribution is -2.42. The van der Waals surface area contributed by atoms with E-state index in [4.69, 9.17) is 10.5 Å². The van der Waals surface area contributed by atoms with E-state index in [1.807, 2.05) is 13.8 Å². The molecule has 10 heavy (non-hydrogen) atoms. The molecule has 0 bridgehead atoms. The van der Waals surface area contributed by atoms with E-state index in [0.29, 0.717) is 13.0 Å². The number of hydrogen-bond donors (Lipinski definition) is 1. The number of carbonyl (C=O) groups is 1. The molecule has 3 heteroatoms. The third-order valence-electron chi connectivity index (χ3n) is 1.66. The van der Waals surface area contributed by atoms with Gasteiger partial charge in [0.05, 0.1) is 0 Å². The van der Waals surface area contributed by atoms with Gasteiger partial charge < -0.3 is 10.5 Å². The quantitative estimate of drug-likeness (QED) is 0.632. The number of primary amides is 1. The molecule has 0 spiro atoms. The predicted octanol–water partition coefficient (Wildman–Crippen LogP) is 0.677. The fourth-order valence-electron chi connectivity index (χ4n) is 0.666. The molecule has 0 saturated carbocycles.